The number of nitrogens with one attached hydrogen (secondary N) is 1. The highest BCUT2D eigenvalue weighted by molar-refractivity contribution is 7.18. The Kier molecular flexibility index (Phi) is 6.32. The third kappa shape index (κ3) is 4.99. The lowest BCUT2D eigenvalue weighted by molar-refractivity contribution is -0.383. The van der Waals surface area contributed by atoms with Gasteiger partial charge in [0, 0.05) is 45.2 Å². The van der Waals surface area contributed by atoms with E-state index < -0.39 is 4.92 Å². The number of fused-ring (bicyclic) bond motifs is 1. The zero-order valence-electron chi connectivity index (χ0n) is 16.5. The van der Waals surface area contributed by atoms with Crippen LogP contribution in [0.2, 0.25) is 0 Å². The smallest absolute Gasteiger partial charge is 0.292 e. The summed E-state index contributed by atoms with van der Waals surface area (Å²) in [4.78, 5) is 32.2. The van der Waals surface area contributed by atoms with Crippen LogP contribution in [0.1, 0.15) is 11.4 Å². The Hall–Kier alpha value is -2.88. The molecule has 30 heavy (non-hydrogen) atoms. The molecule has 0 unspecified atom stereocenters. The molecule has 156 valence electrons. The van der Waals surface area contributed by atoms with Crippen LogP contribution in [0.15, 0.2) is 48.5 Å². The number of rotatable bonds is 7. The van der Waals surface area contributed by atoms with Gasteiger partial charge < -0.3 is 10.2 Å². The number of nitro benzene ring substituents is 1. The van der Waals surface area contributed by atoms with Crippen molar-refractivity contribution in [2.45, 2.75) is 13.0 Å². The monoisotopic (exact) mass is 425 g/mol. The zero-order chi connectivity index (χ0) is 20.9. The van der Waals surface area contributed by atoms with E-state index in [1.165, 1.54) is 10.8 Å². The van der Waals surface area contributed by atoms with E-state index in [0.717, 1.165) is 43.2 Å². The van der Waals surface area contributed by atoms with Gasteiger partial charge in [-0.15, -0.1) is 11.3 Å². The number of amides is 1. The second-order valence-corrected chi connectivity index (χ2v) is 8.38. The van der Waals surface area contributed by atoms with Crippen molar-refractivity contribution < 1.29 is 9.72 Å². The maximum atomic E-state index is 12.2. The Morgan fingerprint density at radius 1 is 1.07 bits per heavy atom. The number of hydrogen-bond donors (Lipinski definition) is 1. The third-order valence-electron chi connectivity index (χ3n) is 5.19. The number of para-hydroxylation sites is 3. The van der Waals surface area contributed by atoms with Crippen LogP contribution >= 0.6 is 11.3 Å². The van der Waals surface area contributed by atoms with Gasteiger partial charge in [-0.2, -0.15) is 0 Å². The molecular formula is C21H23N5O3S. The summed E-state index contributed by atoms with van der Waals surface area (Å²) in [6.45, 7) is 5.14. The van der Waals surface area contributed by atoms with E-state index in [1.807, 2.05) is 18.2 Å². The highest BCUT2D eigenvalue weighted by atomic mass is 32.1. The molecule has 0 bridgehead atoms. The minimum absolute atomic E-state index is 0.0886. The summed E-state index contributed by atoms with van der Waals surface area (Å²) >= 11 is 1.74. The number of aromatic nitrogens is 1. The van der Waals surface area contributed by atoms with Crippen LogP contribution in [-0.4, -0.2) is 58.3 Å². The van der Waals surface area contributed by atoms with Gasteiger partial charge in [0.05, 0.1) is 21.7 Å². The number of nitro groups is 1. The topological polar surface area (TPSA) is 91.6 Å². The second-order valence-electron chi connectivity index (χ2n) is 7.27. The molecule has 8 nitrogen and oxygen atoms in total. The highest BCUT2D eigenvalue weighted by Crippen LogP contribution is 2.24. The summed E-state index contributed by atoms with van der Waals surface area (Å²) in [6.07, 6.45) is 0.309. The molecule has 1 amide bonds. The first-order valence-electron chi connectivity index (χ1n) is 9.91. The fourth-order valence-corrected chi connectivity index (χ4v) is 4.57. The fourth-order valence-electron chi connectivity index (χ4n) is 3.56. The molecule has 1 aromatic heterocycles. The van der Waals surface area contributed by atoms with E-state index in [1.54, 1.807) is 29.5 Å². The molecular weight excluding hydrogens is 402 g/mol. The van der Waals surface area contributed by atoms with Crippen molar-refractivity contribution in [3.8, 4) is 0 Å². The molecule has 1 aliphatic heterocycles. The lowest BCUT2D eigenvalue weighted by Crippen LogP contribution is -2.46. The molecule has 3 aromatic rings. The quantitative estimate of drug-likeness (QED) is 0.461. The van der Waals surface area contributed by atoms with E-state index in [-0.39, 0.29) is 17.3 Å². The van der Waals surface area contributed by atoms with Crippen LogP contribution in [0.5, 0.6) is 0 Å². The number of thiazole rings is 1. The van der Waals surface area contributed by atoms with E-state index in [9.17, 15) is 14.9 Å². The van der Waals surface area contributed by atoms with Crippen molar-refractivity contribution in [3.05, 3.63) is 63.7 Å². The average Bonchev–Trinajstić information content (AvgIpc) is 3.16. The van der Waals surface area contributed by atoms with Crippen LogP contribution in [0.25, 0.3) is 10.2 Å². The van der Waals surface area contributed by atoms with Gasteiger partial charge in [-0.3, -0.25) is 19.8 Å². The first-order chi connectivity index (χ1) is 14.6. The molecule has 1 aliphatic rings. The Morgan fingerprint density at radius 3 is 2.53 bits per heavy atom. The predicted molar refractivity (Wildman–Crippen MR) is 118 cm³/mol. The number of anilines is 1. The van der Waals surface area contributed by atoms with Crippen molar-refractivity contribution in [3.63, 3.8) is 0 Å². The molecule has 0 spiro atoms. The number of hydrogen-bond acceptors (Lipinski definition) is 7. The maximum absolute atomic E-state index is 12.2. The van der Waals surface area contributed by atoms with Gasteiger partial charge in [-0.05, 0) is 18.2 Å². The van der Waals surface area contributed by atoms with E-state index in [2.05, 4.69) is 21.2 Å². The minimum atomic E-state index is -0.486. The summed E-state index contributed by atoms with van der Waals surface area (Å²) < 4.78 is 1.22. The highest BCUT2D eigenvalue weighted by Gasteiger charge is 2.20. The molecule has 0 atom stereocenters. The van der Waals surface area contributed by atoms with Crippen molar-refractivity contribution in [2.24, 2.45) is 0 Å². The fraction of sp³-hybridized carbons (Fsp3) is 0.333. The lowest BCUT2D eigenvalue weighted by atomic mass is 10.2. The number of carbonyl (C=O) groups is 1. The number of benzene rings is 2. The summed E-state index contributed by atoms with van der Waals surface area (Å²) in [5, 5.41) is 14.9. The van der Waals surface area contributed by atoms with Gasteiger partial charge >= 0.3 is 0 Å². The molecule has 1 N–H and O–H groups in total. The number of carbonyl (C=O) groups excluding carboxylic acids is 1. The largest absolute Gasteiger partial charge is 0.320 e. The lowest BCUT2D eigenvalue weighted by Gasteiger charge is -2.34. The molecule has 4 rings (SSSR count). The van der Waals surface area contributed by atoms with Crippen LogP contribution in [-0.2, 0) is 11.3 Å². The van der Waals surface area contributed by atoms with Crippen molar-refractivity contribution in [1.82, 2.24) is 14.8 Å². The molecule has 1 fully saturated rings. The van der Waals surface area contributed by atoms with Crippen LogP contribution < -0.4 is 5.32 Å². The molecule has 0 saturated carbocycles. The summed E-state index contributed by atoms with van der Waals surface area (Å²) in [7, 11) is 0. The summed E-state index contributed by atoms with van der Waals surface area (Å²) in [5.74, 6) is -0.207. The standard InChI is InChI=1S/C21H23N5O3S/c27-20(22-16-5-1-3-7-18(16)26(28)29)9-10-24-11-13-25(14-12-24)15-21-23-17-6-2-4-8-19(17)30-21/h1-8H,9-15H2,(H,22,27). The van der Waals surface area contributed by atoms with Gasteiger partial charge in [-0.1, -0.05) is 24.3 Å². The van der Waals surface area contributed by atoms with Gasteiger partial charge in [0.2, 0.25) is 5.91 Å². The van der Waals surface area contributed by atoms with Crippen molar-refractivity contribution in [1.29, 1.82) is 0 Å². The molecule has 1 saturated heterocycles. The van der Waals surface area contributed by atoms with E-state index >= 15 is 0 Å². The minimum Gasteiger partial charge on any atom is -0.320 e. The third-order valence-corrected chi connectivity index (χ3v) is 6.21. The van der Waals surface area contributed by atoms with Gasteiger partial charge in [0.15, 0.2) is 0 Å². The Labute approximate surface area is 178 Å². The molecule has 9 heteroatoms. The van der Waals surface area contributed by atoms with Crippen LogP contribution in [0.3, 0.4) is 0 Å². The first kappa shape index (κ1) is 20.4. The predicted octanol–water partition coefficient (Wildman–Crippen LogP) is 3.35. The second kappa shape index (κ2) is 9.29. The van der Waals surface area contributed by atoms with E-state index in [4.69, 9.17) is 4.98 Å². The number of nitrogens with zero attached hydrogens (tertiary/aromatic N) is 4. The molecule has 2 aromatic carbocycles. The van der Waals surface area contributed by atoms with E-state index in [0.29, 0.717) is 13.0 Å². The molecule has 2 heterocycles. The number of piperazine rings is 1. The first-order valence-corrected chi connectivity index (χ1v) is 10.7. The normalized spacial score (nSPS) is 15.3. The van der Waals surface area contributed by atoms with Crippen LogP contribution in [0, 0.1) is 10.1 Å². The van der Waals surface area contributed by atoms with Crippen molar-refractivity contribution >= 4 is 38.8 Å². The summed E-state index contributed by atoms with van der Waals surface area (Å²) in [6, 6.07) is 14.4. The van der Waals surface area contributed by atoms with Crippen molar-refractivity contribution in [2.75, 3.05) is 38.0 Å². The van der Waals surface area contributed by atoms with Crippen LogP contribution in [0.4, 0.5) is 11.4 Å². The maximum Gasteiger partial charge on any atom is 0.292 e. The zero-order valence-corrected chi connectivity index (χ0v) is 17.3. The molecule has 0 radical (unpaired) electrons. The SMILES string of the molecule is O=C(CCN1CCN(Cc2nc3ccccc3s2)CC1)Nc1ccccc1[N+](=O)[O-]. The Morgan fingerprint density at radius 2 is 1.77 bits per heavy atom. The Bertz CT molecular complexity index is 1010. The van der Waals surface area contributed by atoms with Gasteiger partial charge in [-0.25, -0.2) is 4.98 Å². The summed E-state index contributed by atoms with van der Waals surface area (Å²) in [5.41, 5.74) is 1.21. The average molecular weight is 426 g/mol. The molecule has 0 aliphatic carbocycles. The van der Waals surface area contributed by atoms with Gasteiger partial charge in [0.25, 0.3) is 5.69 Å². The van der Waals surface area contributed by atoms with Gasteiger partial charge in [0.1, 0.15) is 10.7 Å². The Balaban J connectivity index is 1.22.